The molecule has 0 aromatic heterocycles. The lowest BCUT2D eigenvalue weighted by Gasteiger charge is -2.36. The molecule has 2 aliphatic heterocycles. The number of carbonyl (C=O) groups is 2. The van der Waals surface area contributed by atoms with E-state index in [4.69, 9.17) is 15.2 Å². The summed E-state index contributed by atoms with van der Waals surface area (Å²) in [5.41, 5.74) is 6.37. The van der Waals surface area contributed by atoms with Gasteiger partial charge in [-0.3, -0.25) is 9.59 Å². The summed E-state index contributed by atoms with van der Waals surface area (Å²) >= 11 is 0. The highest BCUT2D eigenvalue weighted by molar-refractivity contribution is 5.82. The van der Waals surface area contributed by atoms with Crippen LogP contribution in [0.3, 0.4) is 0 Å². The molecule has 2 fully saturated rings. The number of likely N-dealkylation sites (tertiary alicyclic amines) is 1. The highest BCUT2D eigenvalue weighted by Gasteiger charge is 2.31. The van der Waals surface area contributed by atoms with E-state index in [2.05, 4.69) is 0 Å². The molecule has 3 rings (SSSR count). The first-order chi connectivity index (χ1) is 13.2. The maximum absolute atomic E-state index is 12.8. The number of piperidine rings is 1. The molecule has 0 spiro atoms. The molecule has 2 amide bonds. The summed E-state index contributed by atoms with van der Waals surface area (Å²) in [5.74, 6) is 0.850. The zero-order valence-corrected chi connectivity index (χ0v) is 15.8. The summed E-state index contributed by atoms with van der Waals surface area (Å²) in [6, 6.07) is 7.55. The van der Waals surface area contributed by atoms with E-state index < -0.39 is 0 Å². The van der Waals surface area contributed by atoms with Gasteiger partial charge in [-0.1, -0.05) is 12.1 Å². The standard InChI is InChI=1S/C20H29N3O4/c21-6-10-27-18-5-1-3-16(13-18)14-19(24)23-7-2-4-17(15-23)20(25)22-8-11-26-12-9-22/h1,3,5,13,17H,2,4,6-12,14-15,21H2/t17-/m1/s1. The Morgan fingerprint density at radius 3 is 2.78 bits per heavy atom. The van der Waals surface area contributed by atoms with Crippen LogP contribution in [0.25, 0.3) is 0 Å². The Balaban J connectivity index is 1.55. The number of morpholine rings is 1. The van der Waals surface area contributed by atoms with Crippen LogP contribution in [0, 0.1) is 5.92 Å². The minimum Gasteiger partial charge on any atom is -0.492 e. The Hall–Kier alpha value is -2.12. The van der Waals surface area contributed by atoms with Gasteiger partial charge in [-0.05, 0) is 30.5 Å². The maximum Gasteiger partial charge on any atom is 0.227 e. The van der Waals surface area contributed by atoms with E-state index in [0.29, 0.717) is 52.4 Å². The van der Waals surface area contributed by atoms with Crippen LogP contribution in [0.1, 0.15) is 18.4 Å². The van der Waals surface area contributed by atoms with Crippen molar-refractivity contribution in [1.29, 1.82) is 0 Å². The van der Waals surface area contributed by atoms with Crippen LogP contribution in [0.2, 0.25) is 0 Å². The van der Waals surface area contributed by atoms with Gasteiger partial charge in [-0.25, -0.2) is 0 Å². The Labute approximate surface area is 160 Å². The monoisotopic (exact) mass is 375 g/mol. The fourth-order valence-corrected chi connectivity index (χ4v) is 3.66. The number of nitrogens with two attached hydrogens (primary N) is 1. The molecule has 1 aromatic rings. The van der Waals surface area contributed by atoms with E-state index in [1.54, 1.807) is 0 Å². The van der Waals surface area contributed by atoms with Crippen LogP contribution in [-0.2, 0) is 20.7 Å². The minimum absolute atomic E-state index is 0.0606. The van der Waals surface area contributed by atoms with Gasteiger partial charge in [0, 0.05) is 32.7 Å². The van der Waals surface area contributed by atoms with E-state index >= 15 is 0 Å². The van der Waals surface area contributed by atoms with Gasteiger partial charge in [-0.2, -0.15) is 0 Å². The fourth-order valence-electron chi connectivity index (χ4n) is 3.66. The summed E-state index contributed by atoms with van der Waals surface area (Å²) in [5, 5.41) is 0. The van der Waals surface area contributed by atoms with E-state index in [0.717, 1.165) is 30.7 Å². The van der Waals surface area contributed by atoms with Crippen LogP contribution in [0.4, 0.5) is 0 Å². The number of ether oxygens (including phenoxy) is 2. The molecule has 0 saturated carbocycles. The van der Waals surface area contributed by atoms with Crippen molar-refractivity contribution in [1.82, 2.24) is 9.80 Å². The van der Waals surface area contributed by atoms with E-state index in [9.17, 15) is 9.59 Å². The highest BCUT2D eigenvalue weighted by Crippen LogP contribution is 2.21. The van der Waals surface area contributed by atoms with E-state index in [1.807, 2.05) is 34.1 Å². The van der Waals surface area contributed by atoms with E-state index in [1.165, 1.54) is 0 Å². The quantitative estimate of drug-likeness (QED) is 0.790. The molecule has 0 bridgehead atoms. The number of carbonyl (C=O) groups excluding carboxylic acids is 2. The lowest BCUT2D eigenvalue weighted by Crippen LogP contribution is -2.49. The van der Waals surface area contributed by atoms with Crippen LogP contribution in [0.15, 0.2) is 24.3 Å². The maximum atomic E-state index is 12.8. The normalized spacial score (nSPS) is 20.4. The first-order valence-electron chi connectivity index (χ1n) is 9.73. The molecule has 0 radical (unpaired) electrons. The second-order valence-corrected chi connectivity index (χ2v) is 7.08. The van der Waals surface area contributed by atoms with Crippen LogP contribution < -0.4 is 10.5 Å². The lowest BCUT2D eigenvalue weighted by molar-refractivity contribution is -0.143. The largest absolute Gasteiger partial charge is 0.492 e. The van der Waals surface area contributed by atoms with Crippen molar-refractivity contribution in [2.45, 2.75) is 19.3 Å². The number of benzene rings is 1. The molecule has 7 heteroatoms. The third kappa shape index (κ3) is 5.43. The van der Waals surface area contributed by atoms with Crippen LogP contribution >= 0.6 is 0 Å². The number of hydrogen-bond donors (Lipinski definition) is 1. The number of rotatable bonds is 6. The fraction of sp³-hybridized carbons (Fsp3) is 0.600. The molecule has 2 N–H and O–H groups in total. The Bertz CT molecular complexity index is 646. The van der Waals surface area contributed by atoms with Crippen molar-refractivity contribution < 1.29 is 19.1 Å². The van der Waals surface area contributed by atoms with Gasteiger partial charge in [0.05, 0.1) is 25.6 Å². The predicted molar refractivity (Wildman–Crippen MR) is 101 cm³/mol. The second kappa shape index (κ2) is 9.71. The molecule has 2 heterocycles. The molecule has 1 atom stereocenters. The second-order valence-electron chi connectivity index (χ2n) is 7.08. The zero-order chi connectivity index (χ0) is 19.1. The first-order valence-corrected chi connectivity index (χ1v) is 9.73. The van der Waals surface area contributed by atoms with Gasteiger partial charge in [-0.15, -0.1) is 0 Å². The van der Waals surface area contributed by atoms with Crippen molar-refractivity contribution in [2.75, 3.05) is 52.5 Å². The zero-order valence-electron chi connectivity index (χ0n) is 15.8. The van der Waals surface area contributed by atoms with Gasteiger partial charge in [0.25, 0.3) is 0 Å². The molecule has 2 saturated heterocycles. The molecule has 7 nitrogen and oxygen atoms in total. The van der Waals surface area contributed by atoms with Gasteiger partial charge in [0.2, 0.25) is 11.8 Å². The third-order valence-electron chi connectivity index (χ3n) is 5.09. The average molecular weight is 375 g/mol. The van der Waals surface area contributed by atoms with Crippen molar-refractivity contribution in [3.63, 3.8) is 0 Å². The van der Waals surface area contributed by atoms with Gasteiger partial charge >= 0.3 is 0 Å². The van der Waals surface area contributed by atoms with Crippen molar-refractivity contribution in [3.8, 4) is 5.75 Å². The Morgan fingerprint density at radius 2 is 2.00 bits per heavy atom. The highest BCUT2D eigenvalue weighted by atomic mass is 16.5. The molecular formula is C20H29N3O4. The number of amides is 2. The van der Waals surface area contributed by atoms with Crippen molar-refractivity contribution in [3.05, 3.63) is 29.8 Å². The van der Waals surface area contributed by atoms with E-state index in [-0.39, 0.29) is 17.7 Å². The van der Waals surface area contributed by atoms with Gasteiger partial charge < -0.3 is 25.0 Å². The lowest BCUT2D eigenvalue weighted by atomic mass is 9.95. The smallest absolute Gasteiger partial charge is 0.227 e. The third-order valence-corrected chi connectivity index (χ3v) is 5.09. The topological polar surface area (TPSA) is 85.1 Å². The summed E-state index contributed by atoms with van der Waals surface area (Å²) < 4.78 is 10.8. The molecule has 148 valence electrons. The molecule has 1 aromatic carbocycles. The summed E-state index contributed by atoms with van der Waals surface area (Å²) in [7, 11) is 0. The van der Waals surface area contributed by atoms with Crippen molar-refractivity contribution >= 4 is 11.8 Å². The van der Waals surface area contributed by atoms with Gasteiger partial charge in [0.15, 0.2) is 0 Å². The summed E-state index contributed by atoms with van der Waals surface area (Å²) in [6.07, 6.45) is 2.03. The molecule has 0 unspecified atom stereocenters. The average Bonchev–Trinajstić information content (AvgIpc) is 2.72. The SMILES string of the molecule is NCCOc1cccc(CC(=O)N2CCC[C@@H](C(=O)N3CCOCC3)C2)c1. The number of nitrogens with zero attached hydrogens (tertiary/aromatic N) is 2. The first kappa shape index (κ1) is 19.6. The molecular weight excluding hydrogens is 346 g/mol. The number of hydrogen-bond acceptors (Lipinski definition) is 5. The van der Waals surface area contributed by atoms with Crippen molar-refractivity contribution in [2.24, 2.45) is 11.7 Å². The Kier molecular flexibility index (Phi) is 7.06. The Morgan fingerprint density at radius 1 is 1.19 bits per heavy atom. The molecule has 2 aliphatic rings. The van der Waals surface area contributed by atoms with Gasteiger partial charge in [0.1, 0.15) is 12.4 Å². The predicted octanol–water partition coefficient (Wildman–Crippen LogP) is 0.664. The minimum atomic E-state index is -0.0972. The molecule has 0 aliphatic carbocycles. The summed E-state index contributed by atoms with van der Waals surface area (Å²) in [4.78, 5) is 29.2. The molecule has 27 heavy (non-hydrogen) atoms. The van der Waals surface area contributed by atoms with Crippen LogP contribution in [0.5, 0.6) is 5.75 Å². The van der Waals surface area contributed by atoms with Crippen LogP contribution in [-0.4, -0.2) is 74.2 Å². The summed E-state index contributed by atoms with van der Waals surface area (Å²) in [6.45, 7) is 4.64.